The molecule has 2 aliphatic heterocycles. The predicted molar refractivity (Wildman–Crippen MR) is 141 cm³/mol. The molecule has 0 bridgehead atoms. The molecule has 5 rings (SSSR count). The molecular formula is C26H25F3N4O2S2. The molecule has 3 aromatic rings. The van der Waals surface area contributed by atoms with Crippen LogP contribution in [-0.2, 0) is 11.2 Å². The Morgan fingerprint density at radius 3 is 2.73 bits per heavy atom. The number of nitrogens with two attached hydrogens (primary N) is 1. The van der Waals surface area contributed by atoms with E-state index in [1.54, 1.807) is 6.07 Å². The topological polar surface area (TPSA) is 81.2 Å². The SMILES string of the molecule is CC(Oc1cccc(C2CN=C(Cc3cccc(SC(F)(F)F)c3-c3cccs3)N2)c1)C1CN=C(N)O1. The third-order valence-corrected chi connectivity index (χ3v) is 7.75. The summed E-state index contributed by atoms with van der Waals surface area (Å²) in [5.74, 6) is 1.44. The number of benzene rings is 2. The summed E-state index contributed by atoms with van der Waals surface area (Å²) in [6, 6.07) is 16.6. The lowest BCUT2D eigenvalue weighted by atomic mass is 10.0. The van der Waals surface area contributed by atoms with Gasteiger partial charge in [-0.25, -0.2) is 4.99 Å². The van der Waals surface area contributed by atoms with Crippen molar-refractivity contribution in [2.75, 3.05) is 13.1 Å². The van der Waals surface area contributed by atoms with Gasteiger partial charge in [0, 0.05) is 21.8 Å². The van der Waals surface area contributed by atoms with Crippen molar-refractivity contribution in [3.63, 3.8) is 0 Å². The van der Waals surface area contributed by atoms with Crippen LogP contribution in [0.25, 0.3) is 10.4 Å². The summed E-state index contributed by atoms with van der Waals surface area (Å²) in [6.07, 6.45) is -0.0585. The van der Waals surface area contributed by atoms with E-state index in [0.29, 0.717) is 30.8 Å². The number of alkyl halides is 3. The van der Waals surface area contributed by atoms with Gasteiger partial charge in [-0.1, -0.05) is 30.3 Å². The standard InChI is InChI=1S/C26H25F3N4O2S2/c1-15(20-14-32-25(30)35-20)34-18-7-2-5-16(11-18)19-13-31-23(33-19)12-17-6-3-8-22(37-26(27,28)29)24(17)21-9-4-10-36-21/h2-11,15,19-20H,12-14H2,1H3,(H2,30,32)(H,31,33). The van der Waals surface area contributed by atoms with Gasteiger partial charge < -0.3 is 20.5 Å². The average molecular weight is 547 g/mol. The summed E-state index contributed by atoms with van der Waals surface area (Å²) >= 11 is 1.34. The van der Waals surface area contributed by atoms with Gasteiger partial charge in [-0.15, -0.1) is 11.3 Å². The van der Waals surface area contributed by atoms with E-state index in [0.717, 1.165) is 21.8 Å². The van der Waals surface area contributed by atoms with Crippen molar-refractivity contribution in [3.8, 4) is 16.2 Å². The number of hydrogen-bond acceptors (Lipinski definition) is 8. The Hall–Kier alpha value is -3.18. The monoisotopic (exact) mass is 546 g/mol. The van der Waals surface area contributed by atoms with E-state index < -0.39 is 5.51 Å². The van der Waals surface area contributed by atoms with Crippen LogP contribution in [0.3, 0.4) is 0 Å². The highest BCUT2D eigenvalue weighted by molar-refractivity contribution is 8.00. The Morgan fingerprint density at radius 2 is 2.00 bits per heavy atom. The highest BCUT2D eigenvalue weighted by Crippen LogP contribution is 2.44. The van der Waals surface area contributed by atoms with Crippen LogP contribution in [0.1, 0.15) is 24.1 Å². The van der Waals surface area contributed by atoms with Crippen molar-refractivity contribution in [1.29, 1.82) is 0 Å². The second-order valence-electron chi connectivity index (χ2n) is 8.71. The van der Waals surface area contributed by atoms with Crippen molar-refractivity contribution < 1.29 is 22.6 Å². The molecule has 3 N–H and O–H groups in total. The maximum absolute atomic E-state index is 13.3. The summed E-state index contributed by atoms with van der Waals surface area (Å²) < 4.78 is 51.3. The van der Waals surface area contributed by atoms with Crippen LogP contribution < -0.4 is 15.8 Å². The van der Waals surface area contributed by atoms with Gasteiger partial charge in [0.15, 0.2) is 6.10 Å². The third-order valence-electron chi connectivity index (χ3n) is 6.07. The fraction of sp³-hybridized carbons (Fsp3) is 0.308. The van der Waals surface area contributed by atoms with E-state index in [4.69, 9.17) is 15.2 Å². The van der Waals surface area contributed by atoms with Crippen molar-refractivity contribution in [1.82, 2.24) is 5.32 Å². The summed E-state index contributed by atoms with van der Waals surface area (Å²) in [5.41, 5.74) is 3.65. The van der Waals surface area contributed by atoms with Crippen LogP contribution in [0.5, 0.6) is 5.75 Å². The first kappa shape index (κ1) is 25.5. The van der Waals surface area contributed by atoms with E-state index in [-0.39, 0.29) is 40.9 Å². The van der Waals surface area contributed by atoms with E-state index in [9.17, 15) is 13.2 Å². The van der Waals surface area contributed by atoms with Gasteiger partial charge in [0.05, 0.1) is 19.1 Å². The molecule has 0 saturated carbocycles. The fourth-order valence-electron chi connectivity index (χ4n) is 4.35. The molecule has 0 fully saturated rings. The highest BCUT2D eigenvalue weighted by Gasteiger charge is 2.32. The van der Waals surface area contributed by atoms with Gasteiger partial charge in [-0.05, 0) is 59.5 Å². The predicted octanol–water partition coefficient (Wildman–Crippen LogP) is 5.79. The molecule has 0 saturated heterocycles. The second kappa shape index (κ2) is 10.7. The maximum Gasteiger partial charge on any atom is 0.446 e. The van der Waals surface area contributed by atoms with Crippen molar-refractivity contribution >= 4 is 35.0 Å². The zero-order valence-corrected chi connectivity index (χ0v) is 21.5. The first-order valence-electron chi connectivity index (χ1n) is 11.7. The second-order valence-corrected chi connectivity index (χ2v) is 10.8. The first-order valence-corrected chi connectivity index (χ1v) is 13.4. The van der Waals surface area contributed by atoms with E-state index in [1.165, 1.54) is 17.4 Å². The van der Waals surface area contributed by atoms with Crippen molar-refractivity contribution in [2.24, 2.45) is 15.7 Å². The summed E-state index contributed by atoms with van der Waals surface area (Å²) in [5, 5.41) is 5.31. The minimum Gasteiger partial charge on any atom is -0.487 e. The summed E-state index contributed by atoms with van der Waals surface area (Å²) in [7, 11) is 0. The number of rotatable bonds is 8. The van der Waals surface area contributed by atoms with Crippen LogP contribution in [0.2, 0.25) is 0 Å². The zero-order valence-electron chi connectivity index (χ0n) is 19.9. The third kappa shape index (κ3) is 6.22. The van der Waals surface area contributed by atoms with Crippen LogP contribution >= 0.6 is 23.1 Å². The van der Waals surface area contributed by atoms with Crippen LogP contribution in [0.15, 0.2) is 74.9 Å². The van der Waals surface area contributed by atoms with Crippen molar-refractivity contribution in [2.45, 2.75) is 42.0 Å². The van der Waals surface area contributed by atoms with E-state index in [1.807, 2.05) is 54.8 Å². The number of amidine groups is 2. The normalized spacial score (nSPS) is 20.1. The van der Waals surface area contributed by atoms with Crippen LogP contribution in [0, 0.1) is 0 Å². The van der Waals surface area contributed by atoms with Gasteiger partial charge in [0.2, 0.25) is 0 Å². The Labute approximate surface area is 220 Å². The van der Waals surface area contributed by atoms with Gasteiger partial charge in [-0.2, -0.15) is 13.2 Å². The number of hydrogen-bond donors (Lipinski definition) is 2. The maximum atomic E-state index is 13.3. The molecular weight excluding hydrogens is 521 g/mol. The number of halogens is 3. The molecule has 3 heterocycles. The molecule has 0 spiro atoms. The number of nitrogens with one attached hydrogen (secondary N) is 1. The summed E-state index contributed by atoms with van der Waals surface area (Å²) in [6.45, 7) is 2.90. The van der Waals surface area contributed by atoms with Gasteiger partial charge in [0.1, 0.15) is 17.7 Å². The average Bonchev–Trinajstić information content (AvgIpc) is 3.61. The number of thioether (sulfide) groups is 1. The molecule has 6 nitrogen and oxygen atoms in total. The fourth-order valence-corrected chi connectivity index (χ4v) is 5.98. The van der Waals surface area contributed by atoms with Gasteiger partial charge in [-0.3, -0.25) is 4.99 Å². The zero-order chi connectivity index (χ0) is 26.0. The van der Waals surface area contributed by atoms with E-state index in [2.05, 4.69) is 15.3 Å². The lowest BCUT2D eigenvalue weighted by Crippen LogP contribution is -2.33. The Morgan fingerprint density at radius 1 is 1.16 bits per heavy atom. The quantitative estimate of drug-likeness (QED) is 0.350. The molecule has 37 heavy (non-hydrogen) atoms. The smallest absolute Gasteiger partial charge is 0.446 e. The molecule has 0 amide bonds. The molecule has 194 valence electrons. The lowest BCUT2D eigenvalue weighted by Gasteiger charge is -2.21. The first-order chi connectivity index (χ1) is 17.7. The molecule has 0 aliphatic carbocycles. The van der Waals surface area contributed by atoms with Crippen molar-refractivity contribution in [3.05, 3.63) is 71.1 Å². The Balaban J connectivity index is 1.28. The number of ether oxygens (including phenoxy) is 2. The Bertz CT molecular complexity index is 1310. The molecule has 0 radical (unpaired) electrons. The number of aliphatic imine (C=N–C) groups is 2. The molecule has 3 atom stereocenters. The van der Waals surface area contributed by atoms with Gasteiger partial charge in [0.25, 0.3) is 6.02 Å². The van der Waals surface area contributed by atoms with Gasteiger partial charge >= 0.3 is 5.51 Å². The Kier molecular flexibility index (Phi) is 7.34. The highest BCUT2D eigenvalue weighted by atomic mass is 32.2. The molecule has 1 aromatic heterocycles. The minimum atomic E-state index is -4.37. The van der Waals surface area contributed by atoms with E-state index >= 15 is 0 Å². The molecule has 11 heteroatoms. The number of thiophene rings is 1. The molecule has 2 aromatic carbocycles. The lowest BCUT2D eigenvalue weighted by molar-refractivity contribution is -0.0328. The molecule has 2 aliphatic rings. The number of nitrogens with zero attached hydrogens (tertiary/aromatic N) is 2. The largest absolute Gasteiger partial charge is 0.487 e. The molecule has 3 unspecified atom stereocenters. The summed E-state index contributed by atoms with van der Waals surface area (Å²) in [4.78, 5) is 9.72. The minimum absolute atomic E-state index is 0.0616. The van der Waals surface area contributed by atoms with Crippen LogP contribution in [-0.4, -0.2) is 42.7 Å². The van der Waals surface area contributed by atoms with Crippen LogP contribution in [0.4, 0.5) is 13.2 Å².